The lowest BCUT2D eigenvalue weighted by atomic mass is 10.0. The lowest BCUT2D eigenvalue weighted by molar-refractivity contribution is 0.621. The van der Waals surface area contributed by atoms with Crippen molar-refractivity contribution in [2.45, 2.75) is 0 Å². The Kier molecular flexibility index (Phi) is 4.41. The molecule has 0 radical (unpaired) electrons. The number of nitrogens with one attached hydrogen (secondary N) is 1. The fourth-order valence-corrected chi connectivity index (χ4v) is 3.06. The first kappa shape index (κ1) is 17.3. The van der Waals surface area contributed by atoms with Crippen LogP contribution in [-0.2, 0) is 0 Å². The van der Waals surface area contributed by atoms with Crippen molar-refractivity contribution in [3.05, 3.63) is 71.5 Å². The van der Waals surface area contributed by atoms with Crippen LogP contribution in [0.4, 0.5) is 14.6 Å². The van der Waals surface area contributed by atoms with E-state index in [4.69, 9.17) is 11.6 Å². The lowest BCUT2D eigenvalue weighted by Gasteiger charge is -2.12. The number of hydrogen-bond acceptors (Lipinski definition) is 4. The van der Waals surface area contributed by atoms with Crippen LogP contribution in [0.25, 0.3) is 33.4 Å². The third kappa shape index (κ3) is 3.08. The summed E-state index contributed by atoms with van der Waals surface area (Å²) in [5.74, 6) is -0.465. The lowest BCUT2D eigenvalue weighted by Crippen LogP contribution is -2.02. The summed E-state index contributed by atoms with van der Waals surface area (Å²) in [7, 11) is 1.64. The molecule has 0 saturated carbocycles. The summed E-state index contributed by atoms with van der Waals surface area (Å²) in [4.78, 5) is 12.9. The number of anilines is 1. The molecule has 2 aromatic heterocycles. The fourth-order valence-electron chi connectivity index (χ4n) is 2.91. The summed E-state index contributed by atoms with van der Waals surface area (Å²) in [5, 5.41) is 3.34. The number of aromatic nitrogens is 3. The van der Waals surface area contributed by atoms with Gasteiger partial charge in [0.25, 0.3) is 0 Å². The minimum absolute atomic E-state index is 0.117. The number of halogens is 3. The Morgan fingerprint density at radius 1 is 1.00 bits per heavy atom. The molecule has 0 aliphatic rings. The Hall–Kier alpha value is -3.12. The average molecular weight is 383 g/mol. The molecule has 0 bridgehead atoms. The monoisotopic (exact) mass is 382 g/mol. The zero-order valence-corrected chi connectivity index (χ0v) is 14.9. The number of benzene rings is 2. The summed E-state index contributed by atoms with van der Waals surface area (Å²) in [6.45, 7) is 0. The van der Waals surface area contributed by atoms with Crippen LogP contribution in [0.2, 0.25) is 5.02 Å². The van der Waals surface area contributed by atoms with E-state index >= 15 is 4.39 Å². The predicted octanol–water partition coefficient (Wildman–Crippen LogP) is 5.33. The first-order chi connectivity index (χ1) is 13.1. The van der Waals surface area contributed by atoms with E-state index < -0.39 is 11.6 Å². The summed E-state index contributed by atoms with van der Waals surface area (Å²) in [5.41, 5.74) is 1.36. The van der Waals surface area contributed by atoms with Gasteiger partial charge in [-0.3, -0.25) is 4.98 Å². The molecule has 1 N–H and O–H groups in total. The van der Waals surface area contributed by atoms with Gasteiger partial charge in [-0.2, -0.15) is 0 Å². The largest absolute Gasteiger partial charge is 0.372 e. The highest BCUT2D eigenvalue weighted by molar-refractivity contribution is 6.30. The van der Waals surface area contributed by atoms with Crippen LogP contribution >= 0.6 is 11.6 Å². The molecule has 4 aromatic rings. The van der Waals surface area contributed by atoms with Crippen molar-refractivity contribution in [1.82, 2.24) is 15.0 Å². The van der Waals surface area contributed by atoms with Crippen LogP contribution in [0.15, 0.2) is 54.9 Å². The molecule has 0 amide bonds. The maximum atomic E-state index is 15.3. The van der Waals surface area contributed by atoms with Crippen molar-refractivity contribution in [1.29, 1.82) is 0 Å². The Labute approximate surface area is 158 Å². The van der Waals surface area contributed by atoms with Gasteiger partial charge in [0.1, 0.15) is 17.5 Å². The topological polar surface area (TPSA) is 50.7 Å². The molecule has 0 fully saturated rings. The first-order valence-electron chi connectivity index (χ1n) is 8.12. The minimum atomic E-state index is -0.601. The van der Waals surface area contributed by atoms with Gasteiger partial charge >= 0.3 is 0 Å². The molecular weight excluding hydrogens is 370 g/mol. The van der Waals surface area contributed by atoms with Gasteiger partial charge < -0.3 is 5.32 Å². The summed E-state index contributed by atoms with van der Waals surface area (Å²) >= 11 is 5.79. The van der Waals surface area contributed by atoms with Gasteiger partial charge in [-0.25, -0.2) is 18.7 Å². The normalized spacial score (nSPS) is 11.0. The number of hydrogen-bond donors (Lipinski definition) is 1. The second-order valence-electron chi connectivity index (χ2n) is 5.83. The van der Waals surface area contributed by atoms with Gasteiger partial charge in [-0.15, -0.1) is 0 Å². The van der Waals surface area contributed by atoms with Crippen LogP contribution in [-0.4, -0.2) is 22.0 Å². The Balaban J connectivity index is 1.95. The summed E-state index contributed by atoms with van der Waals surface area (Å²) in [6.07, 6.45) is 3.28. The quantitative estimate of drug-likeness (QED) is 0.520. The molecule has 0 aliphatic heterocycles. The summed E-state index contributed by atoms with van der Waals surface area (Å²) in [6, 6.07) is 10.9. The second kappa shape index (κ2) is 6.89. The minimum Gasteiger partial charge on any atom is -0.372 e. The van der Waals surface area contributed by atoms with Crippen LogP contribution in [0.3, 0.4) is 0 Å². The fraction of sp³-hybridized carbons (Fsp3) is 0.0500. The van der Waals surface area contributed by atoms with Gasteiger partial charge in [0.15, 0.2) is 5.82 Å². The van der Waals surface area contributed by atoms with E-state index in [-0.39, 0.29) is 21.5 Å². The Morgan fingerprint density at radius 3 is 2.52 bits per heavy atom. The predicted molar refractivity (Wildman–Crippen MR) is 103 cm³/mol. The number of nitrogens with zero attached hydrogens (tertiary/aromatic N) is 3. The molecule has 0 spiro atoms. The van der Waals surface area contributed by atoms with Gasteiger partial charge in [-0.1, -0.05) is 11.6 Å². The van der Waals surface area contributed by atoms with Crippen molar-refractivity contribution >= 4 is 28.3 Å². The molecule has 0 atom stereocenters. The van der Waals surface area contributed by atoms with Crippen molar-refractivity contribution in [3.63, 3.8) is 0 Å². The number of rotatable bonds is 3. The summed E-state index contributed by atoms with van der Waals surface area (Å²) < 4.78 is 29.6. The third-order valence-corrected chi connectivity index (χ3v) is 4.41. The van der Waals surface area contributed by atoms with Gasteiger partial charge in [0.2, 0.25) is 0 Å². The molecule has 0 aliphatic carbocycles. The van der Waals surface area contributed by atoms with E-state index in [9.17, 15) is 4.39 Å². The highest BCUT2D eigenvalue weighted by Crippen LogP contribution is 2.34. The van der Waals surface area contributed by atoms with E-state index in [2.05, 4.69) is 20.3 Å². The van der Waals surface area contributed by atoms with Crippen LogP contribution < -0.4 is 5.32 Å². The second-order valence-corrected chi connectivity index (χ2v) is 6.27. The first-order valence-corrected chi connectivity index (χ1v) is 8.50. The van der Waals surface area contributed by atoms with Crippen molar-refractivity contribution < 1.29 is 8.78 Å². The molecule has 0 unspecified atom stereocenters. The van der Waals surface area contributed by atoms with Crippen LogP contribution in [0.5, 0.6) is 0 Å². The van der Waals surface area contributed by atoms with Crippen molar-refractivity contribution in [2.75, 3.05) is 12.4 Å². The number of fused-ring (bicyclic) bond motifs is 1. The third-order valence-electron chi connectivity index (χ3n) is 4.18. The molecule has 27 heavy (non-hydrogen) atoms. The highest BCUT2D eigenvalue weighted by atomic mass is 35.5. The zero-order chi connectivity index (χ0) is 19.0. The van der Waals surface area contributed by atoms with Crippen LogP contribution in [0.1, 0.15) is 0 Å². The van der Waals surface area contributed by atoms with E-state index in [1.165, 1.54) is 18.2 Å². The standard InChI is InChI=1S/C20H13ClF2N4/c1-24-20-17-16(26-19(27-20)11-3-2-8-25-10-11)7-6-14(18(17)23)13-5-4-12(21)9-15(13)22/h2-10H,1H3,(H,24,26,27). The average Bonchev–Trinajstić information content (AvgIpc) is 2.69. The van der Waals surface area contributed by atoms with Gasteiger partial charge in [0, 0.05) is 41.2 Å². The van der Waals surface area contributed by atoms with Crippen molar-refractivity contribution in [2.24, 2.45) is 0 Å². The zero-order valence-electron chi connectivity index (χ0n) is 14.2. The smallest absolute Gasteiger partial charge is 0.163 e. The molecule has 4 nitrogen and oxygen atoms in total. The Morgan fingerprint density at radius 2 is 1.81 bits per heavy atom. The molecular formula is C20H13ClF2N4. The molecule has 7 heteroatoms. The van der Waals surface area contributed by atoms with E-state index in [1.54, 1.807) is 31.6 Å². The highest BCUT2D eigenvalue weighted by Gasteiger charge is 2.18. The van der Waals surface area contributed by atoms with Crippen LogP contribution in [0, 0.1) is 11.6 Å². The molecule has 134 valence electrons. The van der Waals surface area contributed by atoms with Gasteiger partial charge in [-0.05, 0) is 42.5 Å². The number of pyridine rings is 1. The van der Waals surface area contributed by atoms with Crippen molar-refractivity contribution in [3.8, 4) is 22.5 Å². The van der Waals surface area contributed by atoms with Gasteiger partial charge in [0.05, 0.1) is 10.9 Å². The van der Waals surface area contributed by atoms with E-state index in [0.29, 0.717) is 22.7 Å². The molecule has 0 saturated heterocycles. The maximum Gasteiger partial charge on any atom is 0.163 e. The SMILES string of the molecule is CNc1nc(-c2cccnc2)nc2ccc(-c3ccc(Cl)cc3F)c(F)c12. The molecule has 4 rings (SSSR count). The maximum absolute atomic E-state index is 15.3. The van der Waals surface area contributed by atoms with E-state index in [0.717, 1.165) is 6.07 Å². The Bertz CT molecular complexity index is 1150. The van der Waals surface area contributed by atoms with E-state index in [1.807, 2.05) is 6.07 Å². The molecule has 2 aromatic carbocycles. The molecule has 2 heterocycles.